The first kappa shape index (κ1) is 19.3. The maximum absolute atomic E-state index is 12.6. The SMILES string of the molecule is CSc1ccc(S(=O)(=O)N(C)S(=O)(=O)c2ccc(SC)cc2)cc1. The average molecular weight is 404 g/mol. The summed E-state index contributed by atoms with van der Waals surface area (Å²) in [7, 11) is -7.26. The van der Waals surface area contributed by atoms with Crippen LogP contribution in [-0.4, -0.2) is 40.1 Å². The molecule has 0 radical (unpaired) electrons. The summed E-state index contributed by atoms with van der Waals surface area (Å²) >= 11 is 2.95. The second kappa shape index (κ2) is 7.49. The van der Waals surface area contributed by atoms with E-state index in [4.69, 9.17) is 0 Å². The van der Waals surface area contributed by atoms with Crippen molar-refractivity contribution in [2.24, 2.45) is 0 Å². The molecule has 9 heteroatoms. The van der Waals surface area contributed by atoms with E-state index in [1.807, 2.05) is 12.5 Å². The molecule has 0 N–H and O–H groups in total. The Morgan fingerprint density at radius 1 is 0.667 bits per heavy atom. The molecule has 0 aliphatic rings. The minimum absolute atomic E-state index is 0.0629. The monoisotopic (exact) mass is 403 g/mol. The zero-order chi connectivity index (χ0) is 18.0. The van der Waals surface area contributed by atoms with Crippen LogP contribution in [0.15, 0.2) is 68.1 Å². The van der Waals surface area contributed by atoms with Crippen molar-refractivity contribution in [2.75, 3.05) is 19.6 Å². The Morgan fingerprint density at radius 3 is 1.21 bits per heavy atom. The fourth-order valence-corrected chi connectivity index (χ4v) is 5.84. The topological polar surface area (TPSA) is 71.5 Å². The summed E-state index contributed by atoms with van der Waals surface area (Å²) in [6.07, 6.45) is 3.75. The van der Waals surface area contributed by atoms with Gasteiger partial charge in [-0.1, -0.05) is 3.71 Å². The van der Waals surface area contributed by atoms with Crippen molar-refractivity contribution >= 4 is 43.6 Å². The predicted octanol–water partition coefficient (Wildman–Crippen LogP) is 3.14. The molecular formula is C15H17NO4S4. The standard InChI is InChI=1S/C15H17NO4S4/c1-16(23(17,18)14-8-4-12(21-2)5-9-14)24(19,20)15-10-6-13(22-3)7-11-15/h4-11H,1-3H3. The van der Waals surface area contributed by atoms with Gasteiger partial charge in [-0.2, -0.15) is 0 Å². The number of sulfonamides is 2. The minimum Gasteiger partial charge on any atom is -0.206 e. The van der Waals surface area contributed by atoms with Gasteiger partial charge in [0.2, 0.25) is 0 Å². The summed E-state index contributed by atoms with van der Waals surface area (Å²) in [5.41, 5.74) is 0. The predicted molar refractivity (Wildman–Crippen MR) is 98.6 cm³/mol. The summed E-state index contributed by atoms with van der Waals surface area (Å²) in [5.74, 6) is 0. The lowest BCUT2D eigenvalue weighted by Gasteiger charge is -2.18. The van der Waals surface area contributed by atoms with Gasteiger partial charge in [0.15, 0.2) is 0 Å². The summed E-state index contributed by atoms with van der Waals surface area (Å²) in [5, 5.41) is 0. The highest BCUT2D eigenvalue weighted by atomic mass is 32.3. The second-order valence-corrected chi connectivity index (χ2v) is 10.7. The Bertz CT molecular complexity index is 827. The molecule has 0 amide bonds. The molecule has 0 aliphatic heterocycles. The lowest BCUT2D eigenvalue weighted by Crippen LogP contribution is -2.33. The molecule has 0 heterocycles. The Balaban J connectivity index is 2.41. The minimum atomic E-state index is -4.15. The zero-order valence-electron chi connectivity index (χ0n) is 13.3. The highest BCUT2D eigenvalue weighted by Gasteiger charge is 2.32. The highest BCUT2D eigenvalue weighted by Crippen LogP contribution is 2.25. The number of rotatable bonds is 6. The number of thioether (sulfide) groups is 2. The van der Waals surface area contributed by atoms with Crippen molar-refractivity contribution in [3.63, 3.8) is 0 Å². The molecule has 5 nitrogen and oxygen atoms in total. The Kier molecular flexibility index (Phi) is 6.03. The number of benzene rings is 2. The maximum atomic E-state index is 12.6. The van der Waals surface area contributed by atoms with Gasteiger partial charge in [0.05, 0.1) is 9.79 Å². The number of hydrogen-bond acceptors (Lipinski definition) is 6. The van der Waals surface area contributed by atoms with E-state index < -0.39 is 20.0 Å². The lowest BCUT2D eigenvalue weighted by atomic mass is 10.4. The Hall–Kier alpha value is -1.00. The Morgan fingerprint density at radius 2 is 0.958 bits per heavy atom. The van der Waals surface area contributed by atoms with Crippen LogP contribution in [0.25, 0.3) is 0 Å². The fourth-order valence-electron chi connectivity index (χ4n) is 1.92. The van der Waals surface area contributed by atoms with E-state index in [1.165, 1.54) is 47.8 Å². The molecule has 0 aliphatic carbocycles. The molecule has 24 heavy (non-hydrogen) atoms. The third-order valence-electron chi connectivity index (χ3n) is 3.39. The van der Waals surface area contributed by atoms with Gasteiger partial charge in [-0.3, -0.25) is 0 Å². The van der Waals surface area contributed by atoms with Crippen LogP contribution in [0.1, 0.15) is 0 Å². The fraction of sp³-hybridized carbons (Fsp3) is 0.200. The second-order valence-electron chi connectivity index (χ2n) is 4.74. The van der Waals surface area contributed by atoms with Gasteiger partial charge in [-0.25, -0.2) is 16.8 Å². The van der Waals surface area contributed by atoms with E-state index in [9.17, 15) is 16.8 Å². The zero-order valence-corrected chi connectivity index (χ0v) is 16.6. The van der Waals surface area contributed by atoms with E-state index >= 15 is 0 Å². The van der Waals surface area contributed by atoms with Crippen LogP contribution in [0, 0.1) is 0 Å². The van der Waals surface area contributed by atoms with Gasteiger partial charge in [-0.15, -0.1) is 23.5 Å². The van der Waals surface area contributed by atoms with Crippen LogP contribution >= 0.6 is 23.5 Å². The molecule has 0 aromatic heterocycles. The number of hydrogen-bond donors (Lipinski definition) is 0. The number of nitrogens with zero attached hydrogens (tertiary/aromatic N) is 1. The molecule has 0 bridgehead atoms. The van der Waals surface area contributed by atoms with Gasteiger partial charge in [-0.05, 0) is 61.0 Å². The van der Waals surface area contributed by atoms with Crippen molar-refractivity contribution in [1.82, 2.24) is 3.71 Å². The van der Waals surface area contributed by atoms with E-state index in [0.29, 0.717) is 3.71 Å². The molecule has 2 aromatic carbocycles. The van der Waals surface area contributed by atoms with Gasteiger partial charge in [0.1, 0.15) is 0 Å². The molecule has 0 spiro atoms. The molecule has 130 valence electrons. The summed E-state index contributed by atoms with van der Waals surface area (Å²) in [6.45, 7) is 0. The molecule has 0 atom stereocenters. The quantitative estimate of drug-likeness (QED) is 0.690. The van der Waals surface area contributed by atoms with E-state index in [0.717, 1.165) is 16.8 Å². The lowest BCUT2D eigenvalue weighted by molar-refractivity contribution is 0.525. The first-order valence-electron chi connectivity index (χ1n) is 6.75. The molecule has 0 fully saturated rings. The van der Waals surface area contributed by atoms with Crippen LogP contribution in [0.2, 0.25) is 0 Å². The van der Waals surface area contributed by atoms with Crippen LogP contribution in [0.5, 0.6) is 0 Å². The summed E-state index contributed by atoms with van der Waals surface area (Å²) in [4.78, 5) is 1.67. The summed E-state index contributed by atoms with van der Waals surface area (Å²) in [6, 6.07) is 12.2. The van der Waals surface area contributed by atoms with Crippen LogP contribution in [0.4, 0.5) is 0 Å². The molecule has 0 saturated carbocycles. The molecule has 2 aromatic rings. The maximum Gasteiger partial charge on any atom is 0.256 e. The van der Waals surface area contributed by atoms with Crippen LogP contribution in [-0.2, 0) is 20.0 Å². The first-order chi connectivity index (χ1) is 11.2. The van der Waals surface area contributed by atoms with Crippen molar-refractivity contribution in [2.45, 2.75) is 19.6 Å². The van der Waals surface area contributed by atoms with Crippen molar-refractivity contribution in [3.05, 3.63) is 48.5 Å². The van der Waals surface area contributed by atoms with Crippen LogP contribution in [0.3, 0.4) is 0 Å². The molecule has 0 saturated heterocycles. The smallest absolute Gasteiger partial charge is 0.206 e. The average Bonchev–Trinajstić information content (AvgIpc) is 2.61. The molecular weight excluding hydrogens is 386 g/mol. The van der Waals surface area contributed by atoms with Crippen LogP contribution < -0.4 is 0 Å². The van der Waals surface area contributed by atoms with Gasteiger partial charge < -0.3 is 0 Å². The van der Waals surface area contributed by atoms with Crippen molar-refractivity contribution < 1.29 is 16.8 Å². The van der Waals surface area contributed by atoms with E-state index in [-0.39, 0.29) is 9.79 Å². The highest BCUT2D eigenvalue weighted by molar-refractivity contribution is 8.04. The van der Waals surface area contributed by atoms with E-state index in [2.05, 4.69) is 0 Å². The van der Waals surface area contributed by atoms with E-state index in [1.54, 1.807) is 24.3 Å². The first-order valence-corrected chi connectivity index (χ1v) is 12.1. The summed E-state index contributed by atoms with van der Waals surface area (Å²) < 4.78 is 50.9. The van der Waals surface area contributed by atoms with Crippen molar-refractivity contribution in [3.8, 4) is 0 Å². The largest absolute Gasteiger partial charge is 0.256 e. The Labute approximate surface area is 151 Å². The van der Waals surface area contributed by atoms with Crippen molar-refractivity contribution in [1.29, 1.82) is 0 Å². The van der Waals surface area contributed by atoms with Gasteiger partial charge >= 0.3 is 0 Å². The van der Waals surface area contributed by atoms with Gasteiger partial charge in [0, 0.05) is 16.8 Å². The third kappa shape index (κ3) is 3.80. The normalized spacial score (nSPS) is 12.5. The molecule has 2 rings (SSSR count). The third-order valence-corrected chi connectivity index (χ3v) is 9.15. The van der Waals surface area contributed by atoms with Gasteiger partial charge in [0.25, 0.3) is 20.0 Å². The molecule has 0 unspecified atom stereocenters.